The van der Waals surface area contributed by atoms with Crippen molar-refractivity contribution in [3.05, 3.63) is 48.0 Å². The van der Waals surface area contributed by atoms with E-state index in [0.717, 1.165) is 18.2 Å². The number of nitrogens with one attached hydrogen (secondary N) is 1. The van der Waals surface area contributed by atoms with Crippen LogP contribution in [0.4, 0.5) is 13.2 Å². The number of alkyl halides is 2. The highest BCUT2D eigenvalue weighted by Crippen LogP contribution is 2.31. The molecule has 1 saturated heterocycles. The number of carbonyl (C=O) groups is 1. The number of aromatic nitrogens is 1. The highest BCUT2D eigenvalue weighted by atomic mass is 19.3. The Morgan fingerprint density at radius 2 is 2.08 bits per heavy atom. The van der Waals surface area contributed by atoms with Gasteiger partial charge in [-0.05, 0) is 24.3 Å². The van der Waals surface area contributed by atoms with Gasteiger partial charge >= 0.3 is 6.61 Å². The minimum Gasteiger partial charge on any atom is -0.434 e. The van der Waals surface area contributed by atoms with E-state index < -0.39 is 12.4 Å². The van der Waals surface area contributed by atoms with Gasteiger partial charge in [-0.3, -0.25) is 9.78 Å². The first kappa shape index (κ1) is 16.3. The molecule has 3 rings (SSSR count). The van der Waals surface area contributed by atoms with Crippen molar-refractivity contribution in [2.24, 2.45) is 0 Å². The summed E-state index contributed by atoms with van der Waals surface area (Å²) in [4.78, 5) is 15.9. The molecule has 24 heavy (non-hydrogen) atoms. The molecule has 0 aliphatic carbocycles. The summed E-state index contributed by atoms with van der Waals surface area (Å²) in [5.41, 5.74) is 0.647. The van der Waals surface area contributed by atoms with Crippen LogP contribution in [0.15, 0.2) is 36.5 Å². The first-order chi connectivity index (χ1) is 11.5. The highest BCUT2D eigenvalue weighted by molar-refractivity contribution is 5.92. The van der Waals surface area contributed by atoms with Crippen LogP contribution in [0.5, 0.6) is 5.75 Å². The number of ether oxygens (including phenoxy) is 2. The maximum absolute atomic E-state index is 13.4. The lowest BCUT2D eigenvalue weighted by molar-refractivity contribution is -0.0494. The molecule has 8 heteroatoms. The number of carbonyl (C=O) groups excluding carboxylic acids is 1. The summed E-state index contributed by atoms with van der Waals surface area (Å²) in [5.74, 6) is -1.13. The molecular formula is C16H13F3N2O3. The number of rotatable bonds is 5. The summed E-state index contributed by atoms with van der Waals surface area (Å²) >= 11 is 0. The van der Waals surface area contributed by atoms with Crippen LogP contribution in [0, 0.1) is 5.82 Å². The molecular weight excluding hydrogens is 325 g/mol. The Morgan fingerprint density at radius 3 is 2.67 bits per heavy atom. The summed E-state index contributed by atoms with van der Waals surface area (Å²) in [6, 6.07) is 6.10. The van der Waals surface area contributed by atoms with Crippen molar-refractivity contribution in [1.29, 1.82) is 0 Å². The van der Waals surface area contributed by atoms with Crippen LogP contribution in [0.2, 0.25) is 0 Å². The normalized spacial score (nSPS) is 14.3. The largest absolute Gasteiger partial charge is 0.434 e. The van der Waals surface area contributed by atoms with E-state index in [9.17, 15) is 18.0 Å². The molecule has 5 nitrogen and oxygen atoms in total. The average Bonchev–Trinajstić information content (AvgIpc) is 2.52. The summed E-state index contributed by atoms with van der Waals surface area (Å²) in [5, 5.41) is 2.73. The van der Waals surface area contributed by atoms with Crippen LogP contribution in [-0.4, -0.2) is 36.8 Å². The van der Waals surface area contributed by atoms with Crippen LogP contribution in [0.25, 0.3) is 11.1 Å². The minimum atomic E-state index is -3.03. The van der Waals surface area contributed by atoms with Gasteiger partial charge in [-0.2, -0.15) is 8.78 Å². The molecule has 1 N–H and O–H groups in total. The second-order valence-corrected chi connectivity index (χ2v) is 5.16. The first-order valence-corrected chi connectivity index (χ1v) is 7.12. The zero-order chi connectivity index (χ0) is 17.1. The van der Waals surface area contributed by atoms with E-state index in [1.165, 1.54) is 18.3 Å². The van der Waals surface area contributed by atoms with E-state index in [2.05, 4.69) is 15.0 Å². The number of nitrogens with zero attached hydrogens (tertiary/aromatic N) is 1. The second kappa shape index (κ2) is 6.88. The van der Waals surface area contributed by atoms with Gasteiger partial charge in [0.05, 0.1) is 19.3 Å². The maximum atomic E-state index is 13.4. The Kier molecular flexibility index (Phi) is 4.66. The molecule has 1 fully saturated rings. The van der Waals surface area contributed by atoms with Crippen molar-refractivity contribution < 1.29 is 27.4 Å². The van der Waals surface area contributed by atoms with E-state index in [4.69, 9.17) is 4.74 Å². The quantitative estimate of drug-likeness (QED) is 0.910. The van der Waals surface area contributed by atoms with Crippen LogP contribution >= 0.6 is 0 Å². The molecule has 1 aromatic carbocycles. The Bertz CT molecular complexity index is 734. The van der Waals surface area contributed by atoms with Crippen molar-refractivity contribution in [1.82, 2.24) is 10.3 Å². The molecule has 0 spiro atoms. The Labute approximate surface area is 135 Å². The highest BCUT2D eigenvalue weighted by Gasteiger charge is 2.21. The zero-order valence-corrected chi connectivity index (χ0v) is 12.3. The molecule has 1 aliphatic heterocycles. The molecule has 126 valence electrons. The van der Waals surface area contributed by atoms with E-state index >= 15 is 0 Å². The van der Waals surface area contributed by atoms with Gasteiger partial charge in [0.2, 0.25) is 0 Å². The van der Waals surface area contributed by atoms with Gasteiger partial charge in [-0.1, -0.05) is 6.07 Å². The number of halogens is 3. The summed E-state index contributed by atoms with van der Waals surface area (Å²) in [6.07, 6.45) is 1.30. The van der Waals surface area contributed by atoms with Crippen molar-refractivity contribution >= 4 is 5.91 Å². The minimum absolute atomic E-state index is 0.0340. The molecule has 0 unspecified atom stereocenters. The SMILES string of the molecule is O=C(NC1COC1)c1ccc(-c2cc(F)ccc2OC(F)F)cn1. The van der Waals surface area contributed by atoms with Crippen molar-refractivity contribution in [2.75, 3.05) is 13.2 Å². The van der Waals surface area contributed by atoms with Crippen molar-refractivity contribution in [2.45, 2.75) is 12.7 Å². The van der Waals surface area contributed by atoms with Gasteiger partial charge in [-0.25, -0.2) is 4.39 Å². The number of hydrogen-bond donors (Lipinski definition) is 1. The monoisotopic (exact) mass is 338 g/mol. The Hall–Kier alpha value is -2.61. The van der Waals surface area contributed by atoms with Gasteiger partial charge in [0.25, 0.3) is 5.91 Å². The fraction of sp³-hybridized carbons (Fsp3) is 0.250. The number of pyridine rings is 1. The molecule has 1 aromatic heterocycles. The van der Waals surface area contributed by atoms with E-state index in [-0.39, 0.29) is 29.0 Å². The van der Waals surface area contributed by atoms with Crippen LogP contribution in [0.1, 0.15) is 10.5 Å². The van der Waals surface area contributed by atoms with Gasteiger partial charge in [-0.15, -0.1) is 0 Å². The van der Waals surface area contributed by atoms with E-state index in [0.29, 0.717) is 18.8 Å². The average molecular weight is 338 g/mol. The Balaban J connectivity index is 1.82. The lowest BCUT2D eigenvalue weighted by atomic mass is 10.1. The zero-order valence-electron chi connectivity index (χ0n) is 12.3. The van der Waals surface area contributed by atoms with Crippen LogP contribution in [-0.2, 0) is 4.74 Å². The molecule has 0 bridgehead atoms. The smallest absolute Gasteiger partial charge is 0.387 e. The van der Waals surface area contributed by atoms with Gasteiger partial charge in [0.1, 0.15) is 17.3 Å². The molecule has 1 amide bonds. The lowest BCUT2D eigenvalue weighted by Crippen LogP contribution is -2.48. The molecule has 2 heterocycles. The number of benzene rings is 1. The third-order valence-corrected chi connectivity index (χ3v) is 3.44. The van der Waals surface area contributed by atoms with Gasteiger partial charge in [0.15, 0.2) is 0 Å². The van der Waals surface area contributed by atoms with Gasteiger partial charge < -0.3 is 14.8 Å². The molecule has 2 aromatic rings. The number of amides is 1. The molecule has 0 saturated carbocycles. The van der Waals surface area contributed by atoms with E-state index in [1.54, 1.807) is 0 Å². The standard InChI is InChI=1S/C16H13F3N2O3/c17-10-2-4-14(24-16(18)19)12(5-10)9-1-3-13(20-6-9)15(22)21-11-7-23-8-11/h1-6,11,16H,7-8H2,(H,21,22). The van der Waals surface area contributed by atoms with E-state index in [1.807, 2.05) is 0 Å². The number of hydrogen-bond acceptors (Lipinski definition) is 4. The third kappa shape index (κ3) is 3.65. The molecule has 0 radical (unpaired) electrons. The second-order valence-electron chi connectivity index (χ2n) is 5.16. The van der Waals surface area contributed by atoms with Crippen LogP contribution in [0.3, 0.4) is 0 Å². The fourth-order valence-corrected chi connectivity index (χ4v) is 2.19. The maximum Gasteiger partial charge on any atom is 0.387 e. The van der Waals surface area contributed by atoms with Gasteiger partial charge in [0, 0.05) is 17.3 Å². The van der Waals surface area contributed by atoms with Crippen molar-refractivity contribution in [3.8, 4) is 16.9 Å². The Morgan fingerprint density at radius 1 is 1.29 bits per heavy atom. The topological polar surface area (TPSA) is 60.5 Å². The summed E-state index contributed by atoms with van der Waals surface area (Å²) in [6.45, 7) is -2.11. The summed E-state index contributed by atoms with van der Waals surface area (Å²) in [7, 11) is 0. The molecule has 1 aliphatic rings. The van der Waals surface area contributed by atoms with Crippen molar-refractivity contribution in [3.63, 3.8) is 0 Å². The fourth-order valence-electron chi connectivity index (χ4n) is 2.19. The molecule has 0 atom stereocenters. The lowest BCUT2D eigenvalue weighted by Gasteiger charge is -2.26. The first-order valence-electron chi connectivity index (χ1n) is 7.12. The van der Waals surface area contributed by atoms with Crippen LogP contribution < -0.4 is 10.1 Å². The third-order valence-electron chi connectivity index (χ3n) is 3.44. The predicted molar refractivity (Wildman–Crippen MR) is 78.3 cm³/mol. The predicted octanol–water partition coefficient (Wildman–Crippen LogP) is 2.62. The summed E-state index contributed by atoms with van der Waals surface area (Å²) < 4.78 is 47.7.